The second kappa shape index (κ2) is 7.35. The maximum atomic E-state index is 12.5. The van der Waals surface area contributed by atoms with E-state index in [1.165, 1.54) is 37.3 Å². The Bertz CT molecular complexity index is 1070. The van der Waals surface area contributed by atoms with Crippen molar-refractivity contribution < 1.29 is 18.0 Å². The van der Waals surface area contributed by atoms with Crippen molar-refractivity contribution in [3.63, 3.8) is 0 Å². The minimum Gasteiger partial charge on any atom is -0.361 e. The van der Waals surface area contributed by atoms with Crippen LogP contribution in [0.4, 0.5) is 5.69 Å². The number of carbonyl (C=O) groups excluding carboxylic acids is 2. The van der Waals surface area contributed by atoms with Gasteiger partial charge in [-0.25, -0.2) is 8.42 Å². The van der Waals surface area contributed by atoms with E-state index >= 15 is 0 Å². The number of Topliss-reactive ketones (excluding diaryl/α,β-unsaturated/α-hetero) is 1. The molecule has 134 valence electrons. The number of rotatable bonds is 6. The number of ketones is 1. The lowest BCUT2D eigenvalue weighted by molar-refractivity contribution is -0.109. The Labute approximate surface area is 155 Å². The summed E-state index contributed by atoms with van der Waals surface area (Å²) >= 11 is 0.944. The first-order valence-corrected chi connectivity index (χ1v) is 10.2. The largest absolute Gasteiger partial charge is 0.361 e. The molecule has 1 aromatic heterocycles. The monoisotopic (exact) mass is 388 g/mol. The molecule has 0 unspecified atom stereocenters. The Balaban J connectivity index is 1.75. The zero-order valence-corrected chi connectivity index (χ0v) is 15.5. The molecule has 3 rings (SSSR count). The van der Waals surface area contributed by atoms with Crippen molar-refractivity contribution in [2.24, 2.45) is 0 Å². The molecule has 3 aromatic rings. The fraction of sp³-hybridized carbons (Fsp3) is 0.111. The number of hydrogen-bond donors (Lipinski definition) is 2. The molecule has 8 heteroatoms. The normalized spacial score (nSPS) is 11.4. The Morgan fingerprint density at radius 3 is 2.50 bits per heavy atom. The van der Waals surface area contributed by atoms with Gasteiger partial charge in [0.25, 0.3) is 10.0 Å². The Hall–Kier alpha value is -2.58. The Morgan fingerprint density at radius 2 is 1.81 bits per heavy atom. The maximum Gasteiger partial charge on any atom is 0.261 e. The lowest BCUT2D eigenvalue weighted by Gasteiger charge is -2.09. The fourth-order valence-corrected chi connectivity index (χ4v) is 3.97. The smallest absolute Gasteiger partial charge is 0.261 e. The first kappa shape index (κ1) is 18.2. The van der Waals surface area contributed by atoms with Crippen LogP contribution in [0.25, 0.3) is 10.9 Å². The molecule has 2 aromatic carbocycles. The van der Waals surface area contributed by atoms with Gasteiger partial charge in [-0.2, -0.15) is 0 Å². The minimum atomic E-state index is -3.74. The van der Waals surface area contributed by atoms with Crippen LogP contribution in [0.3, 0.4) is 0 Å². The summed E-state index contributed by atoms with van der Waals surface area (Å²) in [6, 6.07) is 12.8. The van der Waals surface area contributed by atoms with E-state index in [1.807, 2.05) is 6.07 Å². The number of anilines is 1. The highest BCUT2D eigenvalue weighted by Crippen LogP contribution is 2.21. The van der Waals surface area contributed by atoms with Gasteiger partial charge < -0.3 is 4.98 Å². The van der Waals surface area contributed by atoms with Crippen LogP contribution in [0.15, 0.2) is 59.6 Å². The molecule has 1 heterocycles. The highest BCUT2D eigenvalue weighted by Gasteiger charge is 2.15. The summed E-state index contributed by atoms with van der Waals surface area (Å²) in [7, 11) is -3.74. The summed E-state index contributed by atoms with van der Waals surface area (Å²) in [5, 5.41) is 0.803. The molecule has 0 saturated heterocycles. The summed E-state index contributed by atoms with van der Waals surface area (Å²) in [6.07, 6.45) is 1.74. The number of hydrogen-bond acceptors (Lipinski definition) is 5. The average molecular weight is 388 g/mol. The van der Waals surface area contributed by atoms with Crippen LogP contribution in [0.1, 0.15) is 17.3 Å². The van der Waals surface area contributed by atoms with Crippen LogP contribution in [0, 0.1) is 0 Å². The maximum absolute atomic E-state index is 12.5. The number of fused-ring (bicyclic) bond motifs is 1. The van der Waals surface area contributed by atoms with Crippen molar-refractivity contribution in [2.75, 3.05) is 10.5 Å². The van der Waals surface area contributed by atoms with Gasteiger partial charge in [0.2, 0.25) is 0 Å². The average Bonchev–Trinajstić information content (AvgIpc) is 3.07. The predicted octanol–water partition coefficient (Wildman–Crippen LogP) is 3.43. The van der Waals surface area contributed by atoms with Crippen molar-refractivity contribution >= 4 is 49.3 Å². The number of nitrogens with one attached hydrogen (secondary N) is 2. The molecule has 6 nitrogen and oxygen atoms in total. The van der Waals surface area contributed by atoms with E-state index < -0.39 is 10.0 Å². The number of aromatic nitrogens is 1. The molecule has 0 amide bonds. The zero-order valence-electron chi connectivity index (χ0n) is 13.9. The highest BCUT2D eigenvalue weighted by atomic mass is 32.2. The molecule has 0 aliphatic carbocycles. The number of sulfonamides is 1. The van der Waals surface area contributed by atoms with Gasteiger partial charge in [-0.3, -0.25) is 14.3 Å². The van der Waals surface area contributed by atoms with E-state index in [0.29, 0.717) is 11.3 Å². The number of aromatic amines is 1. The fourth-order valence-electron chi connectivity index (χ4n) is 2.38. The molecule has 0 bridgehead atoms. The van der Waals surface area contributed by atoms with Crippen molar-refractivity contribution in [1.82, 2.24) is 4.98 Å². The molecule has 2 N–H and O–H groups in total. The summed E-state index contributed by atoms with van der Waals surface area (Å²) in [4.78, 5) is 26.0. The van der Waals surface area contributed by atoms with Crippen LogP contribution < -0.4 is 4.72 Å². The van der Waals surface area contributed by atoms with E-state index in [4.69, 9.17) is 0 Å². The van der Waals surface area contributed by atoms with Crippen LogP contribution in [-0.4, -0.2) is 30.1 Å². The Kier molecular flexibility index (Phi) is 5.15. The standard InChI is InChI=1S/C18H16N2O4S2/c1-12(21)25-11-18(22)14-2-5-15(6-3-14)20-26(23,24)16-7-4-13-8-9-19-17(13)10-16/h2-10,19-20H,11H2,1H3. The minimum absolute atomic E-state index is 0.0660. The van der Waals surface area contributed by atoms with Crippen LogP contribution in [-0.2, 0) is 14.8 Å². The summed E-state index contributed by atoms with van der Waals surface area (Å²) in [5.74, 6) is -0.117. The van der Waals surface area contributed by atoms with Gasteiger partial charge in [0.1, 0.15) is 0 Å². The molecule has 0 aliphatic rings. The number of thioether (sulfide) groups is 1. The number of carbonyl (C=O) groups is 2. The zero-order chi connectivity index (χ0) is 18.7. The van der Waals surface area contributed by atoms with Crippen LogP contribution >= 0.6 is 11.8 Å². The van der Waals surface area contributed by atoms with Crippen molar-refractivity contribution in [1.29, 1.82) is 0 Å². The summed E-state index contributed by atoms with van der Waals surface area (Å²) in [5.41, 5.74) is 1.51. The molecule has 0 atom stereocenters. The first-order valence-electron chi connectivity index (χ1n) is 7.72. The highest BCUT2D eigenvalue weighted by molar-refractivity contribution is 8.14. The van der Waals surface area contributed by atoms with E-state index in [9.17, 15) is 18.0 Å². The molecule has 26 heavy (non-hydrogen) atoms. The van der Waals surface area contributed by atoms with Gasteiger partial charge in [0.05, 0.1) is 10.6 Å². The third-order valence-electron chi connectivity index (χ3n) is 3.70. The van der Waals surface area contributed by atoms with Crippen LogP contribution in [0.2, 0.25) is 0 Å². The third kappa shape index (κ3) is 4.14. The van der Waals surface area contributed by atoms with Gasteiger partial charge in [-0.1, -0.05) is 17.8 Å². The first-order chi connectivity index (χ1) is 12.3. The second-order valence-electron chi connectivity index (χ2n) is 5.61. The van der Waals surface area contributed by atoms with Gasteiger partial charge in [0, 0.05) is 29.9 Å². The van der Waals surface area contributed by atoms with Crippen LogP contribution in [0.5, 0.6) is 0 Å². The molecule has 0 fully saturated rings. The summed E-state index contributed by atoms with van der Waals surface area (Å²) < 4.78 is 27.6. The third-order valence-corrected chi connectivity index (χ3v) is 5.89. The number of H-pyrrole nitrogens is 1. The Morgan fingerprint density at radius 1 is 1.08 bits per heavy atom. The van der Waals surface area contributed by atoms with E-state index in [0.717, 1.165) is 22.7 Å². The van der Waals surface area contributed by atoms with Crippen molar-refractivity contribution in [2.45, 2.75) is 11.8 Å². The van der Waals surface area contributed by atoms with E-state index in [2.05, 4.69) is 9.71 Å². The lowest BCUT2D eigenvalue weighted by atomic mass is 10.1. The summed E-state index contributed by atoms with van der Waals surface area (Å²) in [6.45, 7) is 1.40. The quantitative estimate of drug-likeness (QED) is 0.631. The van der Waals surface area contributed by atoms with Gasteiger partial charge in [0.15, 0.2) is 10.9 Å². The van der Waals surface area contributed by atoms with Crippen molar-refractivity contribution in [3.05, 3.63) is 60.3 Å². The molecule has 0 aliphatic heterocycles. The number of benzene rings is 2. The second-order valence-corrected chi connectivity index (χ2v) is 8.45. The van der Waals surface area contributed by atoms with Gasteiger partial charge in [-0.05, 0) is 47.9 Å². The predicted molar refractivity (Wildman–Crippen MR) is 103 cm³/mol. The van der Waals surface area contributed by atoms with Gasteiger partial charge >= 0.3 is 0 Å². The SMILES string of the molecule is CC(=O)SCC(=O)c1ccc(NS(=O)(=O)c2ccc3cc[nH]c3c2)cc1. The van der Waals surface area contributed by atoms with Gasteiger partial charge in [-0.15, -0.1) is 0 Å². The van der Waals surface area contributed by atoms with Crippen molar-refractivity contribution in [3.8, 4) is 0 Å². The topological polar surface area (TPSA) is 96.1 Å². The lowest BCUT2D eigenvalue weighted by Crippen LogP contribution is -2.13. The molecular formula is C18H16N2O4S2. The molecular weight excluding hydrogens is 372 g/mol. The molecule has 0 spiro atoms. The van der Waals surface area contributed by atoms with E-state index in [-0.39, 0.29) is 21.5 Å². The molecule has 0 saturated carbocycles. The molecule has 0 radical (unpaired) electrons. The van der Waals surface area contributed by atoms with E-state index in [1.54, 1.807) is 18.3 Å².